The van der Waals surface area contributed by atoms with Gasteiger partial charge in [-0.3, -0.25) is 5.01 Å². The van der Waals surface area contributed by atoms with Crippen molar-refractivity contribution in [2.75, 3.05) is 18.1 Å². The van der Waals surface area contributed by atoms with Gasteiger partial charge in [0.05, 0.1) is 5.69 Å². The Labute approximate surface area is 76.4 Å². The number of rotatable bonds is 1. The van der Waals surface area contributed by atoms with Crippen LogP contribution in [0.2, 0.25) is 0 Å². The summed E-state index contributed by atoms with van der Waals surface area (Å²) in [4.78, 5) is 5.79. The van der Waals surface area contributed by atoms with Crippen molar-refractivity contribution in [2.24, 2.45) is 0 Å². The van der Waals surface area contributed by atoms with E-state index in [0.717, 1.165) is 23.9 Å². The molecule has 0 aromatic carbocycles. The molecule has 1 N–H and O–H groups in total. The summed E-state index contributed by atoms with van der Waals surface area (Å²) in [7, 11) is 0. The summed E-state index contributed by atoms with van der Waals surface area (Å²) in [5.41, 5.74) is 4.45. The van der Waals surface area contributed by atoms with Crippen molar-refractivity contribution in [3.8, 4) is 0 Å². The lowest BCUT2D eigenvalue weighted by Gasteiger charge is -2.12. The van der Waals surface area contributed by atoms with Gasteiger partial charge in [0.2, 0.25) is 0 Å². The Morgan fingerprint density at radius 1 is 1.50 bits per heavy atom. The molecule has 1 saturated heterocycles. The molecule has 0 radical (unpaired) electrons. The fourth-order valence-electron chi connectivity index (χ4n) is 1.26. The lowest BCUT2D eigenvalue weighted by molar-refractivity contribution is 0.782. The van der Waals surface area contributed by atoms with Gasteiger partial charge in [-0.25, -0.2) is 10.4 Å². The highest BCUT2D eigenvalue weighted by Gasteiger charge is 2.15. The molecule has 66 valence electrons. The Morgan fingerprint density at radius 3 is 2.83 bits per heavy atom. The highest BCUT2D eigenvalue weighted by Crippen LogP contribution is 2.24. The van der Waals surface area contributed by atoms with Crippen molar-refractivity contribution in [1.29, 1.82) is 0 Å². The summed E-state index contributed by atoms with van der Waals surface area (Å²) in [6.07, 6.45) is 1.22. The number of nitrogens with one attached hydrogen (secondary N) is 1. The number of hydrogen-bond acceptors (Lipinski definition) is 4. The van der Waals surface area contributed by atoms with Gasteiger partial charge in [-0.1, -0.05) is 0 Å². The summed E-state index contributed by atoms with van der Waals surface area (Å²) in [6, 6.07) is 0. The number of aryl methyl sites for hydroxylation is 2. The van der Waals surface area contributed by atoms with Gasteiger partial charge in [-0.15, -0.1) is 11.3 Å². The van der Waals surface area contributed by atoms with Crippen molar-refractivity contribution in [2.45, 2.75) is 20.3 Å². The maximum Gasteiger partial charge on any atom is 0.200 e. The standard InChI is InChI=1S/C8H13N3S/c1-6-7(2)12-8(10-6)11-5-3-4-9-11/h9H,3-5H2,1-2H3. The summed E-state index contributed by atoms with van der Waals surface area (Å²) in [5.74, 6) is 0. The minimum absolute atomic E-state index is 1.08. The second-order valence-electron chi connectivity index (χ2n) is 3.05. The molecule has 4 heteroatoms. The first-order valence-corrected chi connectivity index (χ1v) is 5.04. The lowest BCUT2D eigenvalue weighted by Crippen LogP contribution is -2.30. The van der Waals surface area contributed by atoms with E-state index in [1.165, 1.54) is 11.3 Å². The number of hydrogen-bond donors (Lipinski definition) is 1. The Kier molecular flexibility index (Phi) is 2.02. The molecule has 1 fully saturated rings. The van der Waals surface area contributed by atoms with Crippen molar-refractivity contribution in [1.82, 2.24) is 10.4 Å². The number of hydrazine groups is 1. The lowest BCUT2D eigenvalue weighted by atomic mass is 10.4. The summed E-state index contributed by atoms with van der Waals surface area (Å²) >= 11 is 1.76. The Balaban J connectivity index is 2.21. The second kappa shape index (κ2) is 3.03. The topological polar surface area (TPSA) is 28.2 Å². The van der Waals surface area contributed by atoms with Crippen molar-refractivity contribution < 1.29 is 0 Å². The number of nitrogens with zero attached hydrogens (tertiary/aromatic N) is 2. The molecule has 1 aromatic heterocycles. The second-order valence-corrected chi connectivity index (χ2v) is 4.23. The van der Waals surface area contributed by atoms with E-state index in [2.05, 4.69) is 29.3 Å². The fraction of sp³-hybridized carbons (Fsp3) is 0.625. The van der Waals surface area contributed by atoms with Crippen molar-refractivity contribution in [3.05, 3.63) is 10.6 Å². The molecule has 0 bridgehead atoms. The van der Waals surface area contributed by atoms with E-state index in [4.69, 9.17) is 0 Å². The number of thiazole rings is 1. The molecule has 2 rings (SSSR count). The van der Waals surface area contributed by atoms with E-state index in [-0.39, 0.29) is 0 Å². The van der Waals surface area contributed by atoms with Gasteiger partial charge in [0.1, 0.15) is 0 Å². The van der Waals surface area contributed by atoms with Gasteiger partial charge in [0.25, 0.3) is 0 Å². The Bertz CT molecular complexity index is 256. The van der Waals surface area contributed by atoms with Gasteiger partial charge < -0.3 is 0 Å². The molecule has 1 aliphatic rings. The molecule has 0 unspecified atom stereocenters. The normalized spacial score (nSPS) is 17.3. The molecule has 1 aromatic rings. The molecule has 1 aliphatic heterocycles. The van der Waals surface area contributed by atoms with Gasteiger partial charge in [0, 0.05) is 18.0 Å². The molecule has 3 nitrogen and oxygen atoms in total. The Morgan fingerprint density at radius 2 is 2.33 bits per heavy atom. The predicted octanol–water partition coefficient (Wildman–Crippen LogP) is 1.47. The third-order valence-corrected chi connectivity index (χ3v) is 3.21. The minimum atomic E-state index is 1.08. The van der Waals surface area contributed by atoms with Crippen LogP contribution < -0.4 is 10.4 Å². The quantitative estimate of drug-likeness (QED) is 0.714. The van der Waals surface area contributed by atoms with Gasteiger partial charge in [-0.05, 0) is 20.3 Å². The van der Waals surface area contributed by atoms with Crippen LogP contribution in [-0.2, 0) is 0 Å². The summed E-state index contributed by atoms with van der Waals surface area (Å²) in [6.45, 7) is 6.35. The van der Waals surface area contributed by atoms with Gasteiger partial charge >= 0.3 is 0 Å². The van der Waals surface area contributed by atoms with Crippen molar-refractivity contribution >= 4 is 16.5 Å². The van der Waals surface area contributed by atoms with E-state index in [1.807, 2.05) is 0 Å². The highest BCUT2D eigenvalue weighted by molar-refractivity contribution is 7.15. The monoisotopic (exact) mass is 183 g/mol. The van der Waals surface area contributed by atoms with Crippen molar-refractivity contribution in [3.63, 3.8) is 0 Å². The first kappa shape index (κ1) is 8.01. The zero-order chi connectivity index (χ0) is 8.55. The first-order valence-electron chi connectivity index (χ1n) is 4.22. The predicted molar refractivity (Wildman–Crippen MR) is 51.6 cm³/mol. The van der Waals surface area contributed by atoms with E-state index in [0.29, 0.717) is 0 Å². The van der Waals surface area contributed by atoms with Crippen LogP contribution in [0, 0.1) is 13.8 Å². The summed E-state index contributed by atoms with van der Waals surface area (Å²) < 4.78 is 0. The average molecular weight is 183 g/mol. The molecule has 0 spiro atoms. The molecule has 0 aliphatic carbocycles. The highest BCUT2D eigenvalue weighted by atomic mass is 32.1. The third kappa shape index (κ3) is 1.32. The van der Waals surface area contributed by atoms with Gasteiger partial charge in [-0.2, -0.15) is 0 Å². The van der Waals surface area contributed by atoms with Crippen LogP contribution >= 0.6 is 11.3 Å². The van der Waals surface area contributed by atoms with Gasteiger partial charge in [0.15, 0.2) is 5.13 Å². The molecule has 0 atom stereocenters. The SMILES string of the molecule is Cc1nc(N2CCCN2)sc1C. The maximum absolute atomic E-state index is 4.47. The van der Waals surface area contributed by atoms with E-state index in [9.17, 15) is 0 Å². The van der Waals surface area contributed by atoms with E-state index < -0.39 is 0 Å². The van der Waals surface area contributed by atoms with E-state index in [1.54, 1.807) is 11.3 Å². The Hall–Kier alpha value is -0.610. The number of anilines is 1. The van der Waals surface area contributed by atoms with Crippen LogP contribution in [0.25, 0.3) is 0 Å². The smallest absolute Gasteiger partial charge is 0.200 e. The zero-order valence-corrected chi connectivity index (χ0v) is 8.24. The van der Waals surface area contributed by atoms with Crippen LogP contribution in [-0.4, -0.2) is 18.1 Å². The van der Waals surface area contributed by atoms with Crippen LogP contribution in [0.4, 0.5) is 5.13 Å². The van der Waals surface area contributed by atoms with Crippen LogP contribution in [0.15, 0.2) is 0 Å². The molecule has 0 saturated carbocycles. The third-order valence-electron chi connectivity index (χ3n) is 2.11. The van der Waals surface area contributed by atoms with Crippen LogP contribution in [0.5, 0.6) is 0 Å². The largest absolute Gasteiger partial charge is 0.283 e. The zero-order valence-electron chi connectivity index (χ0n) is 7.42. The van der Waals surface area contributed by atoms with E-state index >= 15 is 0 Å². The molecule has 0 amide bonds. The molecule has 12 heavy (non-hydrogen) atoms. The number of aromatic nitrogens is 1. The average Bonchev–Trinajstić information content (AvgIpc) is 2.61. The maximum atomic E-state index is 4.47. The molecular weight excluding hydrogens is 170 g/mol. The molecule has 2 heterocycles. The molecular formula is C8H13N3S. The van der Waals surface area contributed by atoms with Crippen LogP contribution in [0.1, 0.15) is 17.0 Å². The van der Waals surface area contributed by atoms with Crippen LogP contribution in [0.3, 0.4) is 0 Å². The fourth-order valence-corrected chi connectivity index (χ4v) is 2.18. The summed E-state index contributed by atoms with van der Waals surface area (Å²) in [5, 5.41) is 3.26. The minimum Gasteiger partial charge on any atom is -0.283 e. The first-order chi connectivity index (χ1) is 5.77.